The number of nitrogens with one attached hydrogen (secondary N) is 2. The highest BCUT2D eigenvalue weighted by Gasteiger charge is 2.06. The number of amides is 1. The van der Waals surface area contributed by atoms with Crippen molar-refractivity contribution in [2.24, 2.45) is 0 Å². The molecule has 0 fully saturated rings. The monoisotopic (exact) mass is 306 g/mol. The molecule has 1 amide bonds. The van der Waals surface area contributed by atoms with Crippen molar-refractivity contribution in [1.29, 1.82) is 0 Å². The van der Waals surface area contributed by atoms with Crippen LogP contribution in [0.1, 0.15) is 17.3 Å². The van der Waals surface area contributed by atoms with Crippen molar-refractivity contribution in [3.8, 4) is 0 Å². The number of hydrogen-bond acceptors (Lipinski definition) is 4. The largest absolute Gasteiger partial charge is 0.392 e. The number of carbonyl (C=O) groups is 1. The number of aliphatic hydroxyl groups excluding tert-OH is 1. The third-order valence-corrected chi connectivity index (χ3v) is 3.36. The zero-order valence-corrected chi connectivity index (χ0v) is 11.4. The Kier molecular flexibility index (Phi) is 5.97. The van der Waals surface area contributed by atoms with E-state index in [4.69, 9.17) is 5.11 Å². The summed E-state index contributed by atoms with van der Waals surface area (Å²) in [5, 5.41) is 16.6. The molecule has 0 saturated heterocycles. The molecule has 0 aliphatic rings. The molecule has 0 spiro atoms. The first-order chi connectivity index (χ1) is 7.59. The maximum Gasteiger partial charge on any atom is 0.252 e. The van der Waals surface area contributed by atoms with Crippen molar-refractivity contribution in [1.82, 2.24) is 10.6 Å². The number of hydrogen-bond donors (Lipinski definition) is 3. The zero-order valence-electron chi connectivity index (χ0n) is 9.00. The Hall–Kier alpha value is -0.430. The van der Waals surface area contributed by atoms with Gasteiger partial charge in [-0.2, -0.15) is 0 Å². The minimum absolute atomic E-state index is 0.0687. The lowest BCUT2D eigenvalue weighted by Gasteiger charge is -2.07. The van der Waals surface area contributed by atoms with Crippen molar-refractivity contribution >= 4 is 33.2 Å². The van der Waals surface area contributed by atoms with Crippen LogP contribution in [0.2, 0.25) is 0 Å². The first-order valence-electron chi connectivity index (χ1n) is 5.00. The van der Waals surface area contributed by atoms with E-state index in [0.29, 0.717) is 25.2 Å². The third-order valence-electron chi connectivity index (χ3n) is 1.86. The lowest BCUT2D eigenvalue weighted by Crippen LogP contribution is -2.34. The molecule has 1 aromatic heterocycles. The topological polar surface area (TPSA) is 61.4 Å². The summed E-state index contributed by atoms with van der Waals surface area (Å²) in [7, 11) is 0. The molecule has 16 heavy (non-hydrogen) atoms. The number of aliphatic hydroxyl groups is 1. The van der Waals surface area contributed by atoms with Gasteiger partial charge in [0.1, 0.15) is 0 Å². The van der Waals surface area contributed by atoms with Crippen molar-refractivity contribution in [2.75, 3.05) is 19.6 Å². The quantitative estimate of drug-likeness (QED) is 0.692. The fraction of sp³-hybridized carbons (Fsp3) is 0.500. The Labute approximate surface area is 107 Å². The van der Waals surface area contributed by atoms with E-state index < -0.39 is 0 Å². The summed E-state index contributed by atoms with van der Waals surface area (Å²) in [5.74, 6) is -0.0687. The van der Waals surface area contributed by atoms with E-state index in [1.807, 2.05) is 5.38 Å². The lowest BCUT2D eigenvalue weighted by atomic mass is 10.3. The first kappa shape index (κ1) is 13.6. The van der Waals surface area contributed by atoms with Crippen LogP contribution in [0.4, 0.5) is 0 Å². The van der Waals surface area contributed by atoms with Crippen LogP contribution in [0.3, 0.4) is 0 Å². The lowest BCUT2D eigenvalue weighted by molar-refractivity contribution is 0.0954. The number of rotatable bonds is 6. The molecule has 1 heterocycles. The van der Waals surface area contributed by atoms with E-state index in [9.17, 15) is 4.79 Å². The predicted molar refractivity (Wildman–Crippen MR) is 68.9 cm³/mol. The summed E-state index contributed by atoms with van der Waals surface area (Å²) in [6.07, 6.45) is -0.358. The van der Waals surface area contributed by atoms with E-state index >= 15 is 0 Å². The molecule has 1 atom stereocenters. The van der Waals surface area contributed by atoms with E-state index in [1.54, 1.807) is 13.0 Å². The fourth-order valence-electron chi connectivity index (χ4n) is 1.11. The molecule has 6 heteroatoms. The van der Waals surface area contributed by atoms with Gasteiger partial charge in [-0.3, -0.25) is 4.79 Å². The van der Waals surface area contributed by atoms with Crippen LogP contribution < -0.4 is 10.6 Å². The van der Waals surface area contributed by atoms with Crippen molar-refractivity contribution < 1.29 is 9.90 Å². The highest BCUT2D eigenvalue weighted by Crippen LogP contribution is 2.20. The van der Waals surface area contributed by atoms with Gasteiger partial charge in [0.15, 0.2) is 0 Å². The summed E-state index contributed by atoms with van der Waals surface area (Å²) in [5.41, 5.74) is 0.674. The van der Waals surface area contributed by atoms with Gasteiger partial charge in [0.05, 0.1) is 15.5 Å². The highest BCUT2D eigenvalue weighted by atomic mass is 79.9. The van der Waals surface area contributed by atoms with Gasteiger partial charge < -0.3 is 15.7 Å². The van der Waals surface area contributed by atoms with E-state index in [2.05, 4.69) is 26.6 Å². The molecule has 1 aromatic rings. The summed E-state index contributed by atoms with van der Waals surface area (Å²) < 4.78 is 0.949. The summed E-state index contributed by atoms with van der Waals surface area (Å²) in [4.78, 5) is 11.6. The second kappa shape index (κ2) is 7.01. The number of halogens is 1. The van der Waals surface area contributed by atoms with Gasteiger partial charge in [0, 0.05) is 25.0 Å². The summed E-state index contributed by atoms with van der Waals surface area (Å²) in [6, 6.07) is 1.79. The molecule has 0 radical (unpaired) electrons. The van der Waals surface area contributed by atoms with Gasteiger partial charge in [-0.25, -0.2) is 0 Å². The van der Waals surface area contributed by atoms with Crippen LogP contribution in [0.25, 0.3) is 0 Å². The molecular formula is C10H15BrN2O2S. The Morgan fingerprint density at radius 3 is 2.94 bits per heavy atom. The normalized spacial score (nSPS) is 12.4. The number of carbonyl (C=O) groups excluding carboxylic acids is 1. The maximum atomic E-state index is 11.6. The Morgan fingerprint density at radius 1 is 1.62 bits per heavy atom. The highest BCUT2D eigenvalue weighted by molar-refractivity contribution is 9.11. The molecule has 0 aliphatic carbocycles. The van der Waals surface area contributed by atoms with Gasteiger partial charge in [-0.1, -0.05) is 0 Å². The first-order valence-corrected chi connectivity index (χ1v) is 6.68. The van der Waals surface area contributed by atoms with Crippen LogP contribution in [-0.4, -0.2) is 36.8 Å². The van der Waals surface area contributed by atoms with Gasteiger partial charge in [-0.05, 0) is 28.9 Å². The average Bonchev–Trinajstić information content (AvgIpc) is 2.63. The summed E-state index contributed by atoms with van der Waals surface area (Å²) >= 11 is 4.80. The van der Waals surface area contributed by atoms with Crippen LogP contribution in [0, 0.1) is 0 Å². The molecule has 4 nitrogen and oxygen atoms in total. The van der Waals surface area contributed by atoms with Gasteiger partial charge >= 0.3 is 0 Å². The standard InChI is InChI=1S/C10H15BrN2O2S/c1-7(14)5-12-2-3-13-10(15)8-4-9(11)16-6-8/h4,6-7,12,14H,2-3,5H2,1H3,(H,13,15). The van der Waals surface area contributed by atoms with Crippen molar-refractivity contribution in [2.45, 2.75) is 13.0 Å². The van der Waals surface area contributed by atoms with Gasteiger partial charge in [0.25, 0.3) is 5.91 Å². The molecule has 3 N–H and O–H groups in total. The Morgan fingerprint density at radius 2 is 2.38 bits per heavy atom. The van der Waals surface area contributed by atoms with E-state index in [1.165, 1.54) is 11.3 Å². The van der Waals surface area contributed by atoms with Crippen LogP contribution in [-0.2, 0) is 0 Å². The zero-order chi connectivity index (χ0) is 12.0. The molecule has 0 aliphatic heterocycles. The van der Waals surface area contributed by atoms with E-state index in [0.717, 1.165) is 3.79 Å². The fourth-order valence-corrected chi connectivity index (χ4v) is 2.24. The summed E-state index contributed by atoms with van der Waals surface area (Å²) in [6.45, 7) is 3.47. The minimum atomic E-state index is -0.358. The van der Waals surface area contributed by atoms with Crippen molar-refractivity contribution in [3.63, 3.8) is 0 Å². The molecule has 1 unspecified atom stereocenters. The smallest absolute Gasteiger partial charge is 0.252 e. The third kappa shape index (κ3) is 5.07. The maximum absolute atomic E-state index is 11.6. The Balaban J connectivity index is 2.16. The molecular weight excluding hydrogens is 292 g/mol. The van der Waals surface area contributed by atoms with E-state index in [-0.39, 0.29) is 12.0 Å². The second-order valence-electron chi connectivity index (χ2n) is 3.45. The number of thiophene rings is 1. The van der Waals surface area contributed by atoms with Crippen LogP contribution >= 0.6 is 27.3 Å². The average molecular weight is 307 g/mol. The van der Waals surface area contributed by atoms with Gasteiger partial charge in [0.2, 0.25) is 0 Å². The van der Waals surface area contributed by atoms with Crippen molar-refractivity contribution in [3.05, 3.63) is 20.8 Å². The Bertz CT molecular complexity index is 341. The molecule has 90 valence electrons. The molecule has 1 rings (SSSR count). The SMILES string of the molecule is CC(O)CNCCNC(=O)c1csc(Br)c1. The molecule has 0 bridgehead atoms. The minimum Gasteiger partial charge on any atom is -0.392 e. The molecule has 0 saturated carbocycles. The van der Waals surface area contributed by atoms with Crippen LogP contribution in [0.5, 0.6) is 0 Å². The molecule has 0 aromatic carbocycles. The van der Waals surface area contributed by atoms with Gasteiger partial charge in [-0.15, -0.1) is 11.3 Å². The second-order valence-corrected chi connectivity index (χ2v) is 5.74. The predicted octanol–water partition coefficient (Wildman–Crippen LogP) is 1.21. The van der Waals surface area contributed by atoms with Crippen LogP contribution in [0.15, 0.2) is 15.2 Å².